The fourth-order valence-electron chi connectivity index (χ4n) is 2.02. The van der Waals surface area contributed by atoms with Gasteiger partial charge in [-0.2, -0.15) is 0 Å². The minimum atomic E-state index is -0.449. The van der Waals surface area contributed by atoms with Gasteiger partial charge in [-0.05, 0) is 20.8 Å². The van der Waals surface area contributed by atoms with Gasteiger partial charge in [0, 0.05) is 45.2 Å². The standard InChI is InChI=1S/C15H29N3O3/c1-12(2)13(19)16-6-7-17-8-10-18(11-9-17)14(20)21-15(3,4)5/h12H,6-11H2,1-5H3,(H,16,19). The van der Waals surface area contributed by atoms with Crippen molar-refractivity contribution in [2.75, 3.05) is 39.3 Å². The molecule has 0 aromatic rings. The zero-order chi connectivity index (χ0) is 16.0. The number of hydrogen-bond acceptors (Lipinski definition) is 4. The van der Waals surface area contributed by atoms with Crippen LogP contribution in [0.1, 0.15) is 34.6 Å². The molecule has 1 N–H and O–H groups in total. The van der Waals surface area contributed by atoms with Gasteiger partial charge < -0.3 is 15.0 Å². The molecule has 21 heavy (non-hydrogen) atoms. The molecular weight excluding hydrogens is 270 g/mol. The topological polar surface area (TPSA) is 61.9 Å². The number of amides is 2. The van der Waals surface area contributed by atoms with Crippen molar-refractivity contribution < 1.29 is 14.3 Å². The van der Waals surface area contributed by atoms with E-state index in [0.717, 1.165) is 19.6 Å². The van der Waals surface area contributed by atoms with Crippen LogP contribution in [-0.4, -0.2) is 66.7 Å². The first-order chi connectivity index (χ1) is 9.69. The average molecular weight is 299 g/mol. The largest absolute Gasteiger partial charge is 0.444 e. The zero-order valence-corrected chi connectivity index (χ0v) is 13.9. The molecule has 1 heterocycles. The van der Waals surface area contributed by atoms with E-state index in [0.29, 0.717) is 19.6 Å². The van der Waals surface area contributed by atoms with Gasteiger partial charge in [0.1, 0.15) is 5.60 Å². The second kappa shape index (κ2) is 7.64. The molecule has 0 radical (unpaired) electrons. The quantitative estimate of drug-likeness (QED) is 0.850. The van der Waals surface area contributed by atoms with Crippen molar-refractivity contribution in [3.05, 3.63) is 0 Å². The molecule has 1 aliphatic rings. The summed E-state index contributed by atoms with van der Waals surface area (Å²) in [6.45, 7) is 13.8. The maximum absolute atomic E-state index is 11.9. The SMILES string of the molecule is CC(C)C(=O)NCCN1CCN(C(=O)OC(C)(C)C)CC1. The van der Waals surface area contributed by atoms with Crippen LogP contribution in [0.25, 0.3) is 0 Å². The number of ether oxygens (including phenoxy) is 1. The van der Waals surface area contributed by atoms with Gasteiger partial charge in [-0.15, -0.1) is 0 Å². The molecule has 0 aromatic carbocycles. The lowest BCUT2D eigenvalue weighted by atomic mass is 10.2. The van der Waals surface area contributed by atoms with Crippen molar-refractivity contribution in [1.82, 2.24) is 15.1 Å². The number of nitrogens with zero attached hydrogens (tertiary/aromatic N) is 2. The van der Waals surface area contributed by atoms with Crippen LogP contribution in [-0.2, 0) is 9.53 Å². The smallest absolute Gasteiger partial charge is 0.410 e. The third kappa shape index (κ3) is 6.80. The summed E-state index contributed by atoms with van der Waals surface area (Å²) in [5.41, 5.74) is -0.449. The van der Waals surface area contributed by atoms with Crippen LogP contribution in [0.2, 0.25) is 0 Å². The lowest BCUT2D eigenvalue weighted by Crippen LogP contribution is -2.51. The summed E-state index contributed by atoms with van der Waals surface area (Å²) in [4.78, 5) is 27.4. The Morgan fingerprint density at radius 2 is 1.71 bits per heavy atom. The number of piperazine rings is 1. The molecule has 6 heteroatoms. The van der Waals surface area contributed by atoms with Gasteiger partial charge in [0.15, 0.2) is 0 Å². The summed E-state index contributed by atoms with van der Waals surface area (Å²) in [6.07, 6.45) is -0.240. The molecular formula is C15H29N3O3. The summed E-state index contributed by atoms with van der Waals surface area (Å²) in [5, 5.41) is 2.91. The van der Waals surface area contributed by atoms with Gasteiger partial charge in [0.2, 0.25) is 5.91 Å². The summed E-state index contributed by atoms with van der Waals surface area (Å²) < 4.78 is 5.36. The number of nitrogens with one attached hydrogen (secondary N) is 1. The Labute approximate surface area is 127 Å². The van der Waals surface area contributed by atoms with Crippen LogP contribution < -0.4 is 5.32 Å². The monoisotopic (exact) mass is 299 g/mol. The van der Waals surface area contributed by atoms with Crippen LogP contribution in [0, 0.1) is 5.92 Å². The summed E-state index contributed by atoms with van der Waals surface area (Å²) in [6, 6.07) is 0. The highest BCUT2D eigenvalue weighted by Gasteiger charge is 2.25. The molecule has 6 nitrogen and oxygen atoms in total. The Kier molecular flexibility index (Phi) is 6.45. The van der Waals surface area contributed by atoms with E-state index in [4.69, 9.17) is 4.74 Å². The van der Waals surface area contributed by atoms with Gasteiger partial charge >= 0.3 is 6.09 Å². The Bertz CT molecular complexity index is 356. The molecule has 0 aromatic heterocycles. The molecule has 0 atom stereocenters. The Morgan fingerprint density at radius 3 is 2.19 bits per heavy atom. The summed E-state index contributed by atoms with van der Waals surface area (Å²) in [5.74, 6) is 0.108. The first-order valence-corrected chi connectivity index (χ1v) is 7.67. The Hall–Kier alpha value is -1.30. The van der Waals surface area contributed by atoms with Gasteiger partial charge in [-0.3, -0.25) is 9.69 Å². The van der Waals surface area contributed by atoms with Crippen molar-refractivity contribution >= 4 is 12.0 Å². The van der Waals surface area contributed by atoms with Crippen molar-refractivity contribution in [3.8, 4) is 0 Å². The minimum absolute atomic E-state index is 0.0222. The molecule has 1 rings (SSSR count). The maximum atomic E-state index is 11.9. The van der Waals surface area contributed by atoms with E-state index in [1.54, 1.807) is 4.90 Å². The van der Waals surface area contributed by atoms with E-state index in [1.807, 2.05) is 34.6 Å². The lowest BCUT2D eigenvalue weighted by Gasteiger charge is -2.35. The first kappa shape index (κ1) is 17.8. The Morgan fingerprint density at radius 1 is 1.14 bits per heavy atom. The second-order valence-corrected chi connectivity index (χ2v) is 6.75. The highest BCUT2D eigenvalue weighted by Crippen LogP contribution is 2.11. The number of rotatable bonds is 4. The third-order valence-electron chi connectivity index (χ3n) is 3.28. The van der Waals surface area contributed by atoms with Crippen LogP contribution in [0.3, 0.4) is 0 Å². The molecule has 122 valence electrons. The minimum Gasteiger partial charge on any atom is -0.444 e. The van der Waals surface area contributed by atoms with Gasteiger partial charge in [0.05, 0.1) is 0 Å². The third-order valence-corrected chi connectivity index (χ3v) is 3.28. The van der Waals surface area contributed by atoms with Crippen LogP contribution >= 0.6 is 0 Å². The molecule has 0 unspecified atom stereocenters. The van der Waals surface area contributed by atoms with Crippen molar-refractivity contribution in [2.24, 2.45) is 5.92 Å². The van der Waals surface area contributed by atoms with E-state index >= 15 is 0 Å². The van der Waals surface area contributed by atoms with Gasteiger partial charge in [-0.25, -0.2) is 4.79 Å². The molecule has 1 fully saturated rings. The van der Waals surface area contributed by atoms with Crippen molar-refractivity contribution in [3.63, 3.8) is 0 Å². The molecule has 0 spiro atoms. The molecule has 1 aliphatic heterocycles. The van der Waals surface area contributed by atoms with E-state index in [-0.39, 0.29) is 17.9 Å². The number of hydrogen-bond donors (Lipinski definition) is 1. The zero-order valence-electron chi connectivity index (χ0n) is 13.9. The average Bonchev–Trinajstić information content (AvgIpc) is 2.37. The van der Waals surface area contributed by atoms with Gasteiger partial charge in [0.25, 0.3) is 0 Å². The lowest BCUT2D eigenvalue weighted by molar-refractivity contribution is -0.124. The van der Waals surface area contributed by atoms with E-state index in [1.165, 1.54) is 0 Å². The fraction of sp³-hybridized carbons (Fsp3) is 0.867. The molecule has 0 saturated carbocycles. The van der Waals surface area contributed by atoms with Crippen LogP contribution in [0.15, 0.2) is 0 Å². The Balaban J connectivity index is 2.23. The van der Waals surface area contributed by atoms with Crippen LogP contribution in [0.4, 0.5) is 4.79 Å². The second-order valence-electron chi connectivity index (χ2n) is 6.75. The number of carbonyl (C=O) groups excluding carboxylic acids is 2. The van der Waals surface area contributed by atoms with Crippen molar-refractivity contribution in [1.29, 1.82) is 0 Å². The normalized spacial score (nSPS) is 17.0. The van der Waals surface area contributed by atoms with Gasteiger partial charge in [-0.1, -0.05) is 13.8 Å². The molecule has 2 amide bonds. The highest BCUT2D eigenvalue weighted by atomic mass is 16.6. The summed E-state index contributed by atoms with van der Waals surface area (Å²) >= 11 is 0. The van der Waals surface area contributed by atoms with Crippen LogP contribution in [0.5, 0.6) is 0 Å². The molecule has 1 saturated heterocycles. The first-order valence-electron chi connectivity index (χ1n) is 7.67. The molecule has 0 bridgehead atoms. The predicted molar refractivity (Wildman–Crippen MR) is 82.1 cm³/mol. The highest BCUT2D eigenvalue weighted by molar-refractivity contribution is 5.77. The van der Waals surface area contributed by atoms with E-state index < -0.39 is 5.60 Å². The summed E-state index contributed by atoms with van der Waals surface area (Å²) in [7, 11) is 0. The fourth-order valence-corrected chi connectivity index (χ4v) is 2.02. The molecule has 0 aliphatic carbocycles. The maximum Gasteiger partial charge on any atom is 0.410 e. The number of carbonyl (C=O) groups is 2. The predicted octanol–water partition coefficient (Wildman–Crippen LogP) is 1.31. The van der Waals surface area contributed by atoms with E-state index in [2.05, 4.69) is 10.2 Å². The van der Waals surface area contributed by atoms with E-state index in [9.17, 15) is 9.59 Å². The van der Waals surface area contributed by atoms with Crippen molar-refractivity contribution in [2.45, 2.75) is 40.2 Å².